The molecule has 0 saturated heterocycles. The summed E-state index contributed by atoms with van der Waals surface area (Å²) in [5, 5.41) is 0.714. The number of carbonyl (C=O) groups is 1. The summed E-state index contributed by atoms with van der Waals surface area (Å²) in [7, 11) is -2.67. The number of carbonyl (C=O) groups excluding carboxylic acids is 1. The second-order valence-electron chi connectivity index (χ2n) is 8.20. The number of esters is 1. The fourth-order valence-electron chi connectivity index (χ4n) is 4.17. The Labute approximate surface area is 210 Å². The van der Waals surface area contributed by atoms with E-state index in [9.17, 15) is 13.2 Å². The topological polar surface area (TPSA) is 101 Å². The van der Waals surface area contributed by atoms with E-state index >= 15 is 4.39 Å². The first kappa shape index (κ1) is 25.4. The van der Waals surface area contributed by atoms with Crippen LogP contribution in [-0.4, -0.2) is 25.6 Å². The molecule has 4 aromatic rings. The van der Waals surface area contributed by atoms with Gasteiger partial charge < -0.3 is 19.8 Å². The Hall–Kier alpha value is -3.69. The number of nitrogens with zero attached hydrogens (tertiary/aromatic N) is 1. The van der Waals surface area contributed by atoms with E-state index in [-0.39, 0.29) is 31.4 Å². The van der Waals surface area contributed by atoms with Gasteiger partial charge in [0.15, 0.2) is 10.7 Å². The van der Waals surface area contributed by atoms with Gasteiger partial charge in [0, 0.05) is 40.3 Å². The molecule has 4 rings (SSSR count). The minimum Gasteiger partial charge on any atom is -0.489 e. The molecular formula is C27H27FN2O5S. The number of benzene rings is 3. The van der Waals surface area contributed by atoms with Crippen LogP contribution in [0.25, 0.3) is 22.0 Å². The average Bonchev–Trinajstić information content (AvgIpc) is 3.25. The molecule has 2 N–H and O–H groups in total. The highest BCUT2D eigenvalue weighted by atomic mass is 32.2. The second kappa shape index (κ2) is 11.4. The smallest absolute Gasteiger partial charge is 0.310 e. The molecule has 0 fully saturated rings. The zero-order chi connectivity index (χ0) is 25.7. The number of hydrogen-bond acceptors (Lipinski definition) is 6. The van der Waals surface area contributed by atoms with E-state index in [1.54, 1.807) is 54.1 Å². The maximum Gasteiger partial charge on any atom is 0.310 e. The van der Waals surface area contributed by atoms with Gasteiger partial charge in [-0.15, -0.1) is 0 Å². The molecule has 0 radical (unpaired) electrons. The third-order valence-corrected chi connectivity index (χ3v) is 6.35. The molecule has 0 aliphatic carbocycles. The molecule has 188 valence electrons. The van der Waals surface area contributed by atoms with E-state index in [1.807, 2.05) is 24.3 Å². The molecule has 1 aromatic heterocycles. The highest BCUT2D eigenvalue weighted by Crippen LogP contribution is 2.34. The van der Waals surface area contributed by atoms with Gasteiger partial charge in [0.05, 0.1) is 13.0 Å². The largest absolute Gasteiger partial charge is 0.489 e. The lowest BCUT2D eigenvalue weighted by Crippen LogP contribution is -2.09. The van der Waals surface area contributed by atoms with Gasteiger partial charge >= 0.3 is 5.97 Å². The summed E-state index contributed by atoms with van der Waals surface area (Å²) in [6.07, 6.45) is 1.74. The molecule has 0 amide bonds. The minimum absolute atomic E-state index is 0.0561. The standard InChI is InChI=1S/C27H27FN2O5S/c1-2-34-26(31)14-19-6-3-4-9-25(19)35-16-18-12-23(22-8-5-7-20(15-29)27(22)28)21-10-11-30(17-36(32)33)24(21)13-18/h3-13,36H,2,14-17,29H2,1H3. The summed E-state index contributed by atoms with van der Waals surface area (Å²) in [6.45, 7) is 2.22. The fourth-order valence-corrected chi connectivity index (χ4v) is 4.67. The Morgan fingerprint density at radius 1 is 1.03 bits per heavy atom. The van der Waals surface area contributed by atoms with Crippen molar-refractivity contribution in [2.75, 3.05) is 6.61 Å². The summed E-state index contributed by atoms with van der Waals surface area (Å²) in [5.74, 6) is -0.434. The van der Waals surface area contributed by atoms with E-state index < -0.39 is 16.5 Å². The number of rotatable bonds is 10. The molecule has 0 bridgehead atoms. The number of aromatic nitrogens is 1. The van der Waals surface area contributed by atoms with Crippen molar-refractivity contribution in [3.63, 3.8) is 0 Å². The van der Waals surface area contributed by atoms with Crippen LogP contribution in [0.2, 0.25) is 0 Å². The Balaban J connectivity index is 1.74. The van der Waals surface area contributed by atoms with Crippen LogP contribution in [0.3, 0.4) is 0 Å². The van der Waals surface area contributed by atoms with Crippen molar-refractivity contribution in [3.8, 4) is 16.9 Å². The minimum atomic E-state index is -2.67. The van der Waals surface area contributed by atoms with Crippen LogP contribution in [0.1, 0.15) is 23.6 Å². The van der Waals surface area contributed by atoms with Crippen LogP contribution in [-0.2, 0) is 45.7 Å². The van der Waals surface area contributed by atoms with Crippen LogP contribution >= 0.6 is 0 Å². The lowest BCUT2D eigenvalue weighted by Gasteiger charge is -2.14. The van der Waals surface area contributed by atoms with E-state index in [0.717, 1.165) is 0 Å². The van der Waals surface area contributed by atoms with Crippen LogP contribution in [0, 0.1) is 5.82 Å². The molecule has 0 atom stereocenters. The first-order valence-corrected chi connectivity index (χ1v) is 12.8. The Kier molecular flexibility index (Phi) is 8.02. The van der Waals surface area contributed by atoms with Gasteiger partial charge in [-0.3, -0.25) is 4.79 Å². The second-order valence-corrected chi connectivity index (χ2v) is 9.15. The van der Waals surface area contributed by atoms with Gasteiger partial charge in [-0.2, -0.15) is 0 Å². The predicted octanol–water partition coefficient (Wildman–Crippen LogP) is 4.16. The lowest BCUT2D eigenvalue weighted by molar-refractivity contribution is -0.142. The molecule has 0 aliphatic rings. The van der Waals surface area contributed by atoms with E-state index in [2.05, 4.69) is 0 Å². The SMILES string of the molecule is CCOC(=O)Cc1ccccc1OCc1cc(-c2cccc(CN)c2F)c2ccn(C[SH](=O)=O)c2c1. The number of hydrogen-bond donors (Lipinski definition) is 2. The predicted molar refractivity (Wildman–Crippen MR) is 137 cm³/mol. The Morgan fingerprint density at radius 3 is 2.56 bits per heavy atom. The maximum absolute atomic E-state index is 15.3. The number of halogens is 1. The van der Waals surface area contributed by atoms with Gasteiger partial charge in [-0.1, -0.05) is 36.4 Å². The Morgan fingerprint density at radius 2 is 1.81 bits per heavy atom. The van der Waals surface area contributed by atoms with E-state index in [0.29, 0.717) is 51.1 Å². The van der Waals surface area contributed by atoms with Crippen molar-refractivity contribution in [3.05, 3.63) is 89.4 Å². The molecule has 0 aliphatic heterocycles. The molecule has 0 unspecified atom stereocenters. The lowest BCUT2D eigenvalue weighted by atomic mass is 9.97. The van der Waals surface area contributed by atoms with Crippen molar-refractivity contribution in [2.24, 2.45) is 5.73 Å². The first-order chi connectivity index (χ1) is 17.4. The number of fused-ring (bicyclic) bond motifs is 1. The fraction of sp³-hybridized carbons (Fsp3) is 0.222. The summed E-state index contributed by atoms with van der Waals surface area (Å²) in [5.41, 5.74) is 9.12. The molecule has 1 heterocycles. The monoisotopic (exact) mass is 510 g/mol. The van der Waals surface area contributed by atoms with Gasteiger partial charge in [-0.05, 0) is 42.3 Å². The first-order valence-electron chi connectivity index (χ1n) is 11.5. The van der Waals surface area contributed by atoms with Crippen molar-refractivity contribution < 1.29 is 27.1 Å². The van der Waals surface area contributed by atoms with Gasteiger partial charge in [0.2, 0.25) is 0 Å². The summed E-state index contributed by atoms with van der Waals surface area (Å²) >= 11 is 0. The molecule has 9 heteroatoms. The summed E-state index contributed by atoms with van der Waals surface area (Å²) in [6, 6.07) is 17.7. The normalized spacial score (nSPS) is 11.2. The molecule has 36 heavy (non-hydrogen) atoms. The molecule has 0 saturated carbocycles. The summed E-state index contributed by atoms with van der Waals surface area (Å²) < 4.78 is 50.9. The molecular weight excluding hydrogens is 483 g/mol. The van der Waals surface area contributed by atoms with Gasteiger partial charge in [0.1, 0.15) is 24.1 Å². The number of nitrogens with two attached hydrogens (primary N) is 1. The number of para-hydroxylation sites is 1. The maximum atomic E-state index is 15.3. The quantitative estimate of drug-likeness (QED) is 0.246. The van der Waals surface area contributed by atoms with Crippen LogP contribution in [0.5, 0.6) is 5.75 Å². The van der Waals surface area contributed by atoms with Crippen LogP contribution < -0.4 is 10.5 Å². The molecule has 0 spiro atoms. The summed E-state index contributed by atoms with van der Waals surface area (Å²) in [4.78, 5) is 12.0. The number of ether oxygens (including phenoxy) is 2. The zero-order valence-electron chi connectivity index (χ0n) is 19.8. The average molecular weight is 511 g/mol. The van der Waals surface area contributed by atoms with Gasteiger partial charge in [-0.25, -0.2) is 12.8 Å². The molecule has 7 nitrogen and oxygen atoms in total. The van der Waals surface area contributed by atoms with Crippen LogP contribution in [0.4, 0.5) is 4.39 Å². The van der Waals surface area contributed by atoms with E-state index in [1.165, 1.54) is 0 Å². The van der Waals surface area contributed by atoms with E-state index in [4.69, 9.17) is 15.2 Å². The highest BCUT2D eigenvalue weighted by molar-refractivity contribution is 7.71. The third kappa shape index (κ3) is 5.58. The highest BCUT2D eigenvalue weighted by Gasteiger charge is 2.16. The Bertz CT molecular complexity index is 1470. The molecule has 3 aromatic carbocycles. The van der Waals surface area contributed by atoms with Crippen molar-refractivity contribution in [2.45, 2.75) is 32.4 Å². The van der Waals surface area contributed by atoms with Crippen molar-refractivity contribution in [1.29, 1.82) is 0 Å². The van der Waals surface area contributed by atoms with Gasteiger partial charge in [0.25, 0.3) is 0 Å². The zero-order valence-corrected chi connectivity index (χ0v) is 20.7. The van der Waals surface area contributed by atoms with Crippen molar-refractivity contribution in [1.82, 2.24) is 4.57 Å². The van der Waals surface area contributed by atoms with Crippen LogP contribution in [0.15, 0.2) is 66.9 Å². The third-order valence-electron chi connectivity index (χ3n) is 5.81. The number of thiol groups is 1. The van der Waals surface area contributed by atoms with Crippen molar-refractivity contribution >= 4 is 27.6 Å².